The summed E-state index contributed by atoms with van der Waals surface area (Å²) in [5, 5.41) is 27.1. The Balaban J connectivity index is 1.72. The maximum absolute atomic E-state index is 10.7. The summed E-state index contributed by atoms with van der Waals surface area (Å²) in [6.07, 6.45) is 1.48. The second kappa shape index (κ2) is 7.94. The van der Waals surface area contributed by atoms with Gasteiger partial charge >= 0.3 is 0 Å². The molecule has 0 fully saturated rings. The number of halogens is 2. The fourth-order valence-corrected chi connectivity index (χ4v) is 3.98. The molecule has 26 heavy (non-hydrogen) atoms. The molecule has 2 N–H and O–H groups in total. The largest absolute Gasteiger partial charge is 0.506 e. The third kappa shape index (κ3) is 4.26. The van der Waals surface area contributed by atoms with Crippen molar-refractivity contribution in [2.24, 2.45) is 5.10 Å². The lowest BCUT2D eigenvalue weighted by Gasteiger charge is -2.02. The lowest BCUT2D eigenvalue weighted by atomic mass is 10.1. The SMILES string of the molecule is O=[N+]([O-])c1ccc(-c2csc(N/N=C\c3cc(Br)cc(Br)c3O)n2)cc1. The Morgan fingerprint density at radius 1 is 1.27 bits per heavy atom. The van der Waals surface area contributed by atoms with Crippen LogP contribution in [0.1, 0.15) is 5.56 Å². The molecule has 0 saturated carbocycles. The van der Waals surface area contributed by atoms with Crippen molar-refractivity contribution >= 4 is 60.2 Å². The van der Waals surface area contributed by atoms with Crippen LogP contribution in [0.3, 0.4) is 0 Å². The van der Waals surface area contributed by atoms with E-state index < -0.39 is 4.92 Å². The number of non-ortho nitro benzene ring substituents is 1. The Bertz CT molecular complexity index is 990. The Morgan fingerprint density at radius 2 is 2.00 bits per heavy atom. The number of rotatable bonds is 5. The average molecular weight is 498 g/mol. The molecule has 10 heteroatoms. The minimum absolute atomic E-state index is 0.0342. The Kier molecular flexibility index (Phi) is 5.64. The molecular weight excluding hydrogens is 488 g/mol. The summed E-state index contributed by atoms with van der Waals surface area (Å²) >= 11 is 7.96. The number of benzene rings is 2. The molecule has 0 saturated heterocycles. The highest BCUT2D eigenvalue weighted by atomic mass is 79.9. The molecule has 1 heterocycles. The monoisotopic (exact) mass is 496 g/mol. The van der Waals surface area contributed by atoms with Crippen LogP contribution in [0.25, 0.3) is 11.3 Å². The van der Waals surface area contributed by atoms with Gasteiger partial charge in [0.25, 0.3) is 5.69 Å². The minimum Gasteiger partial charge on any atom is -0.506 e. The third-order valence-electron chi connectivity index (χ3n) is 3.30. The predicted molar refractivity (Wildman–Crippen MR) is 109 cm³/mol. The van der Waals surface area contributed by atoms with Gasteiger partial charge in [-0.25, -0.2) is 4.98 Å². The number of nitrogens with one attached hydrogen (secondary N) is 1. The minimum atomic E-state index is -0.442. The smallest absolute Gasteiger partial charge is 0.269 e. The van der Waals surface area contributed by atoms with E-state index in [0.717, 1.165) is 10.0 Å². The van der Waals surface area contributed by atoms with E-state index in [4.69, 9.17) is 0 Å². The summed E-state index contributed by atoms with van der Waals surface area (Å²) < 4.78 is 1.36. The maximum atomic E-state index is 10.7. The second-order valence-electron chi connectivity index (χ2n) is 5.04. The van der Waals surface area contributed by atoms with Crippen LogP contribution in [-0.4, -0.2) is 21.2 Å². The zero-order valence-corrected chi connectivity index (χ0v) is 16.9. The fraction of sp³-hybridized carbons (Fsp3) is 0. The molecule has 132 valence electrons. The highest BCUT2D eigenvalue weighted by molar-refractivity contribution is 9.11. The molecule has 0 unspecified atom stereocenters. The summed E-state index contributed by atoms with van der Waals surface area (Å²) in [4.78, 5) is 14.6. The maximum Gasteiger partial charge on any atom is 0.269 e. The zero-order chi connectivity index (χ0) is 18.7. The van der Waals surface area contributed by atoms with E-state index in [2.05, 4.69) is 47.4 Å². The second-order valence-corrected chi connectivity index (χ2v) is 7.67. The van der Waals surface area contributed by atoms with Crippen molar-refractivity contribution < 1.29 is 10.0 Å². The molecule has 3 rings (SSSR count). The first kappa shape index (κ1) is 18.5. The lowest BCUT2D eigenvalue weighted by Crippen LogP contribution is -1.91. The van der Waals surface area contributed by atoms with Gasteiger partial charge in [-0.2, -0.15) is 5.10 Å². The van der Waals surface area contributed by atoms with Crippen molar-refractivity contribution in [3.8, 4) is 17.0 Å². The number of nitro benzene ring substituents is 1. The van der Waals surface area contributed by atoms with Crippen LogP contribution in [0.15, 0.2) is 55.8 Å². The summed E-state index contributed by atoms with van der Waals surface area (Å²) in [5.74, 6) is 0.0875. The van der Waals surface area contributed by atoms with Gasteiger partial charge in [-0.15, -0.1) is 11.3 Å². The van der Waals surface area contributed by atoms with Gasteiger partial charge in [-0.05, 0) is 40.2 Å². The molecule has 0 amide bonds. The van der Waals surface area contributed by atoms with E-state index in [1.807, 2.05) is 5.38 Å². The summed E-state index contributed by atoms with van der Waals surface area (Å²) in [6, 6.07) is 9.64. The van der Waals surface area contributed by atoms with Gasteiger partial charge in [0.15, 0.2) is 0 Å². The van der Waals surface area contributed by atoms with Gasteiger partial charge in [-0.1, -0.05) is 15.9 Å². The van der Waals surface area contributed by atoms with Crippen LogP contribution < -0.4 is 5.43 Å². The molecule has 0 aliphatic carbocycles. The average Bonchev–Trinajstić information content (AvgIpc) is 3.08. The Morgan fingerprint density at radius 3 is 2.69 bits per heavy atom. The van der Waals surface area contributed by atoms with Crippen molar-refractivity contribution in [1.82, 2.24) is 4.98 Å². The number of phenols is 1. The molecular formula is C16H10Br2N4O3S. The zero-order valence-electron chi connectivity index (χ0n) is 12.9. The van der Waals surface area contributed by atoms with Crippen LogP contribution in [0.4, 0.5) is 10.8 Å². The van der Waals surface area contributed by atoms with Gasteiger partial charge in [0.2, 0.25) is 5.13 Å². The lowest BCUT2D eigenvalue weighted by molar-refractivity contribution is -0.384. The standard InChI is InChI=1S/C16H10Br2N4O3S/c17-11-5-10(15(23)13(18)6-11)7-19-21-16-20-14(8-26-16)9-1-3-12(4-2-9)22(24)25/h1-8,23H,(H,20,21)/b19-7-. The van der Waals surface area contributed by atoms with E-state index in [1.165, 1.54) is 29.7 Å². The van der Waals surface area contributed by atoms with Crippen LogP contribution in [0.2, 0.25) is 0 Å². The highest BCUT2D eigenvalue weighted by Gasteiger charge is 2.08. The van der Waals surface area contributed by atoms with E-state index in [9.17, 15) is 15.2 Å². The molecule has 1 aromatic heterocycles. The molecule has 0 aliphatic rings. The van der Waals surface area contributed by atoms with Crippen molar-refractivity contribution in [2.45, 2.75) is 0 Å². The van der Waals surface area contributed by atoms with Crippen LogP contribution in [-0.2, 0) is 0 Å². The van der Waals surface area contributed by atoms with E-state index in [-0.39, 0.29) is 11.4 Å². The quantitative estimate of drug-likeness (QED) is 0.279. The fourth-order valence-electron chi connectivity index (χ4n) is 2.05. The van der Waals surface area contributed by atoms with Gasteiger partial charge in [-0.3, -0.25) is 15.5 Å². The number of hydrogen-bond donors (Lipinski definition) is 2. The molecule has 2 aromatic carbocycles. The van der Waals surface area contributed by atoms with Crippen LogP contribution >= 0.6 is 43.2 Å². The van der Waals surface area contributed by atoms with Gasteiger partial charge in [0.1, 0.15) is 5.75 Å². The normalized spacial score (nSPS) is 11.0. The molecule has 3 aromatic rings. The molecule has 0 bridgehead atoms. The molecule has 0 aliphatic heterocycles. The molecule has 0 atom stereocenters. The van der Waals surface area contributed by atoms with Gasteiger partial charge in [0, 0.05) is 33.1 Å². The molecule has 0 spiro atoms. The number of thiazole rings is 1. The first-order chi connectivity index (χ1) is 12.4. The first-order valence-corrected chi connectivity index (χ1v) is 9.58. The van der Waals surface area contributed by atoms with Crippen LogP contribution in [0.5, 0.6) is 5.75 Å². The summed E-state index contributed by atoms with van der Waals surface area (Å²) in [6.45, 7) is 0. The number of nitrogens with zero attached hydrogens (tertiary/aromatic N) is 3. The highest BCUT2D eigenvalue weighted by Crippen LogP contribution is 2.31. The number of phenolic OH excluding ortho intramolecular Hbond substituents is 1. The Labute approximate surface area is 168 Å². The van der Waals surface area contributed by atoms with E-state index in [0.29, 0.717) is 20.9 Å². The van der Waals surface area contributed by atoms with Crippen molar-refractivity contribution in [1.29, 1.82) is 0 Å². The third-order valence-corrected chi connectivity index (χ3v) is 5.11. The van der Waals surface area contributed by atoms with E-state index in [1.54, 1.807) is 24.3 Å². The number of nitro groups is 1. The van der Waals surface area contributed by atoms with Gasteiger partial charge in [0.05, 0.1) is 21.3 Å². The van der Waals surface area contributed by atoms with Gasteiger partial charge < -0.3 is 5.11 Å². The van der Waals surface area contributed by atoms with Crippen molar-refractivity contribution in [3.05, 3.63) is 66.4 Å². The summed E-state index contributed by atoms with van der Waals surface area (Å²) in [5.41, 5.74) is 4.84. The predicted octanol–water partition coefficient (Wildman–Crippen LogP) is 5.39. The first-order valence-electron chi connectivity index (χ1n) is 7.11. The number of hydrazone groups is 1. The topological polar surface area (TPSA) is 101 Å². The van der Waals surface area contributed by atoms with Crippen LogP contribution in [0, 0.1) is 10.1 Å². The van der Waals surface area contributed by atoms with Crippen molar-refractivity contribution in [2.75, 3.05) is 5.43 Å². The number of aromatic nitrogens is 1. The number of aromatic hydroxyl groups is 1. The van der Waals surface area contributed by atoms with E-state index >= 15 is 0 Å². The number of hydrogen-bond acceptors (Lipinski definition) is 7. The Hall–Kier alpha value is -2.30. The molecule has 7 nitrogen and oxygen atoms in total. The summed E-state index contributed by atoms with van der Waals surface area (Å²) in [7, 11) is 0. The number of anilines is 1. The van der Waals surface area contributed by atoms with Crippen molar-refractivity contribution in [3.63, 3.8) is 0 Å². The molecule has 0 radical (unpaired) electrons.